The number of aliphatic imine (C=N–C) groups is 1. The van der Waals surface area contributed by atoms with Crippen molar-refractivity contribution < 1.29 is 4.39 Å². The lowest BCUT2D eigenvalue weighted by Gasteiger charge is -2.15. The number of fused-ring (bicyclic) bond motifs is 1. The number of halogens is 1. The molecular formula is C25H25FN4. The molecule has 0 saturated carbocycles. The molecule has 0 amide bonds. The van der Waals surface area contributed by atoms with Gasteiger partial charge in [0, 0.05) is 29.3 Å². The van der Waals surface area contributed by atoms with Crippen LogP contribution in [0.15, 0.2) is 65.7 Å². The van der Waals surface area contributed by atoms with E-state index in [0.29, 0.717) is 23.7 Å². The summed E-state index contributed by atoms with van der Waals surface area (Å²) in [5, 5.41) is 10.6. The van der Waals surface area contributed by atoms with E-state index in [1.807, 2.05) is 37.3 Å². The number of hydrogen-bond donors (Lipinski definition) is 3. The molecule has 5 heteroatoms. The summed E-state index contributed by atoms with van der Waals surface area (Å²) >= 11 is 0. The van der Waals surface area contributed by atoms with E-state index in [1.165, 1.54) is 11.1 Å². The molecule has 3 aromatic rings. The number of benzene rings is 3. The zero-order valence-electron chi connectivity index (χ0n) is 17.0. The molecular weight excluding hydrogens is 375 g/mol. The highest BCUT2D eigenvalue weighted by molar-refractivity contribution is 6.01. The van der Waals surface area contributed by atoms with Gasteiger partial charge < -0.3 is 11.1 Å². The SMILES string of the molecule is Cc1cc(C(N)=NC=N)ccc1-c1cccc(CNC2Cc3ccccc3C2)c1F. The molecule has 4 nitrogen and oxygen atoms in total. The van der Waals surface area contributed by atoms with E-state index < -0.39 is 0 Å². The first-order valence-electron chi connectivity index (χ1n) is 10.1. The van der Waals surface area contributed by atoms with Crippen molar-refractivity contribution in [3.05, 3.63) is 94.3 Å². The molecule has 0 aromatic heterocycles. The quantitative estimate of drug-likeness (QED) is 0.425. The highest BCUT2D eigenvalue weighted by Gasteiger charge is 2.21. The van der Waals surface area contributed by atoms with Gasteiger partial charge in [-0.2, -0.15) is 0 Å². The number of aryl methyl sites for hydroxylation is 1. The van der Waals surface area contributed by atoms with E-state index in [9.17, 15) is 0 Å². The molecule has 0 fully saturated rings. The smallest absolute Gasteiger partial charge is 0.135 e. The van der Waals surface area contributed by atoms with Crippen LogP contribution in [-0.2, 0) is 19.4 Å². The Balaban J connectivity index is 1.52. The summed E-state index contributed by atoms with van der Waals surface area (Å²) in [4.78, 5) is 3.80. The van der Waals surface area contributed by atoms with Crippen LogP contribution >= 0.6 is 0 Å². The molecule has 3 aromatic carbocycles. The Kier molecular flexibility index (Phi) is 5.72. The minimum absolute atomic E-state index is 0.197. The maximum Gasteiger partial charge on any atom is 0.135 e. The zero-order chi connectivity index (χ0) is 21.1. The fourth-order valence-electron chi connectivity index (χ4n) is 4.15. The number of nitrogens with two attached hydrogens (primary N) is 1. The van der Waals surface area contributed by atoms with Crippen LogP contribution in [0.3, 0.4) is 0 Å². The predicted octanol–water partition coefficient (Wildman–Crippen LogP) is 4.37. The number of nitrogens with zero attached hydrogens (tertiary/aromatic N) is 1. The van der Waals surface area contributed by atoms with Crippen LogP contribution in [0.4, 0.5) is 4.39 Å². The highest BCUT2D eigenvalue weighted by atomic mass is 19.1. The lowest BCUT2D eigenvalue weighted by molar-refractivity contribution is 0.516. The lowest BCUT2D eigenvalue weighted by Crippen LogP contribution is -2.29. The van der Waals surface area contributed by atoms with Gasteiger partial charge in [-0.25, -0.2) is 9.38 Å². The van der Waals surface area contributed by atoms with Crippen molar-refractivity contribution in [2.45, 2.75) is 32.4 Å². The van der Waals surface area contributed by atoms with Crippen LogP contribution in [0.25, 0.3) is 11.1 Å². The molecule has 0 aliphatic heterocycles. The summed E-state index contributed by atoms with van der Waals surface area (Å²) in [6.07, 6.45) is 2.88. The third-order valence-electron chi connectivity index (χ3n) is 5.73. The molecule has 0 bridgehead atoms. The third kappa shape index (κ3) is 4.02. The van der Waals surface area contributed by atoms with Crippen LogP contribution in [0.5, 0.6) is 0 Å². The van der Waals surface area contributed by atoms with Crippen LogP contribution in [0.1, 0.15) is 27.8 Å². The van der Waals surface area contributed by atoms with Crippen LogP contribution in [0, 0.1) is 18.2 Å². The Morgan fingerprint density at radius 2 is 1.83 bits per heavy atom. The molecule has 1 aliphatic carbocycles. The Labute approximate surface area is 176 Å². The van der Waals surface area contributed by atoms with Crippen molar-refractivity contribution in [2.24, 2.45) is 10.7 Å². The van der Waals surface area contributed by atoms with Gasteiger partial charge in [-0.05, 0) is 48.1 Å². The molecule has 1 aliphatic rings. The van der Waals surface area contributed by atoms with Crippen molar-refractivity contribution in [3.63, 3.8) is 0 Å². The molecule has 4 N–H and O–H groups in total. The highest BCUT2D eigenvalue weighted by Crippen LogP contribution is 2.29. The lowest BCUT2D eigenvalue weighted by atomic mass is 9.96. The Hall–Kier alpha value is -3.31. The average Bonchev–Trinajstić information content (AvgIpc) is 3.16. The molecule has 0 heterocycles. The standard InChI is InChI=1S/C25H25FN4/c1-16-11-19(25(28)30-15-27)9-10-22(16)23-8-4-7-20(24(23)26)14-29-21-12-17-5-2-3-6-18(17)13-21/h2-11,15,21,29H,12-14H2,1H3,(H3,27,28,30). The minimum Gasteiger partial charge on any atom is -0.383 e. The van der Waals surface area contributed by atoms with Gasteiger partial charge in [-0.3, -0.25) is 5.41 Å². The van der Waals surface area contributed by atoms with Gasteiger partial charge in [0.25, 0.3) is 0 Å². The molecule has 4 rings (SSSR count). The second-order valence-electron chi connectivity index (χ2n) is 7.71. The maximum absolute atomic E-state index is 15.3. The first-order valence-corrected chi connectivity index (χ1v) is 10.1. The molecule has 152 valence electrons. The van der Waals surface area contributed by atoms with Crippen molar-refractivity contribution in [2.75, 3.05) is 0 Å². The van der Waals surface area contributed by atoms with E-state index in [1.54, 1.807) is 6.07 Å². The average molecular weight is 401 g/mol. The maximum atomic E-state index is 15.3. The van der Waals surface area contributed by atoms with Gasteiger partial charge in [0.05, 0.1) is 0 Å². The Morgan fingerprint density at radius 1 is 1.10 bits per heavy atom. The van der Waals surface area contributed by atoms with Crippen molar-refractivity contribution in [1.29, 1.82) is 5.41 Å². The summed E-state index contributed by atoms with van der Waals surface area (Å²) in [5.41, 5.74) is 12.3. The van der Waals surface area contributed by atoms with Crippen molar-refractivity contribution >= 4 is 12.2 Å². The normalized spacial score (nSPS) is 14.0. The summed E-state index contributed by atoms with van der Waals surface area (Å²) in [7, 11) is 0. The van der Waals surface area contributed by atoms with Crippen LogP contribution in [-0.4, -0.2) is 18.2 Å². The minimum atomic E-state index is -0.197. The van der Waals surface area contributed by atoms with Gasteiger partial charge in [0.1, 0.15) is 18.0 Å². The zero-order valence-corrected chi connectivity index (χ0v) is 17.0. The first-order chi connectivity index (χ1) is 14.6. The molecule has 0 atom stereocenters. The van der Waals surface area contributed by atoms with E-state index in [0.717, 1.165) is 35.9 Å². The molecule has 0 unspecified atom stereocenters. The van der Waals surface area contributed by atoms with Crippen LogP contribution < -0.4 is 11.1 Å². The van der Waals surface area contributed by atoms with E-state index in [2.05, 4.69) is 34.6 Å². The molecule has 0 saturated heterocycles. The van der Waals surface area contributed by atoms with Gasteiger partial charge in [-0.1, -0.05) is 54.6 Å². The molecule has 0 radical (unpaired) electrons. The summed E-state index contributed by atoms with van der Waals surface area (Å²) in [6.45, 7) is 2.42. The fraction of sp³-hybridized carbons (Fsp3) is 0.200. The number of nitrogens with one attached hydrogen (secondary N) is 2. The largest absolute Gasteiger partial charge is 0.383 e. The van der Waals surface area contributed by atoms with Gasteiger partial charge in [0.15, 0.2) is 0 Å². The van der Waals surface area contributed by atoms with E-state index >= 15 is 4.39 Å². The Bertz CT molecular complexity index is 1090. The first kappa shape index (κ1) is 20.0. The van der Waals surface area contributed by atoms with Gasteiger partial charge >= 0.3 is 0 Å². The van der Waals surface area contributed by atoms with E-state index in [-0.39, 0.29) is 11.7 Å². The topological polar surface area (TPSA) is 74.3 Å². The fourth-order valence-corrected chi connectivity index (χ4v) is 4.15. The number of rotatable bonds is 6. The van der Waals surface area contributed by atoms with Gasteiger partial charge in [0.2, 0.25) is 0 Å². The summed E-state index contributed by atoms with van der Waals surface area (Å²) in [5.74, 6) is 0.0770. The summed E-state index contributed by atoms with van der Waals surface area (Å²) < 4.78 is 15.3. The van der Waals surface area contributed by atoms with Crippen LogP contribution in [0.2, 0.25) is 0 Å². The van der Waals surface area contributed by atoms with E-state index in [4.69, 9.17) is 11.1 Å². The molecule has 0 spiro atoms. The molecule has 30 heavy (non-hydrogen) atoms. The number of amidine groups is 1. The van der Waals surface area contributed by atoms with Crippen molar-refractivity contribution in [1.82, 2.24) is 5.32 Å². The predicted molar refractivity (Wildman–Crippen MR) is 121 cm³/mol. The second kappa shape index (κ2) is 8.59. The summed E-state index contributed by atoms with van der Waals surface area (Å²) in [6, 6.07) is 19.9. The monoisotopic (exact) mass is 400 g/mol. The van der Waals surface area contributed by atoms with Crippen molar-refractivity contribution in [3.8, 4) is 11.1 Å². The van der Waals surface area contributed by atoms with Gasteiger partial charge in [-0.15, -0.1) is 0 Å². The second-order valence-corrected chi connectivity index (χ2v) is 7.71. The number of hydrogen-bond acceptors (Lipinski definition) is 2. The third-order valence-corrected chi connectivity index (χ3v) is 5.73. The Morgan fingerprint density at radius 3 is 2.50 bits per heavy atom.